The maximum absolute atomic E-state index is 13.5. The Morgan fingerprint density at radius 2 is 1.23 bits per heavy atom. The lowest BCUT2D eigenvalue weighted by molar-refractivity contribution is -0.302. The SMILES string of the molecule is CCCCCCCCCCC(I)C(CC)C(F)(F)C(F)(F)F. The minimum atomic E-state index is -5.45. The van der Waals surface area contributed by atoms with Crippen LogP contribution in [0.4, 0.5) is 22.0 Å². The predicted octanol–water partition coefficient (Wildman–Crippen LogP) is 7.54. The van der Waals surface area contributed by atoms with Crippen LogP contribution in [-0.4, -0.2) is 16.0 Å². The first kappa shape index (κ1) is 22.4. The molecule has 2 atom stereocenters. The van der Waals surface area contributed by atoms with Gasteiger partial charge in [0.1, 0.15) is 0 Å². The van der Waals surface area contributed by atoms with Crippen molar-refractivity contribution >= 4 is 22.6 Å². The van der Waals surface area contributed by atoms with Crippen LogP contribution < -0.4 is 0 Å². The van der Waals surface area contributed by atoms with Gasteiger partial charge in [0.2, 0.25) is 0 Å². The first-order chi connectivity index (χ1) is 10.2. The Balaban J connectivity index is 4.06. The van der Waals surface area contributed by atoms with Gasteiger partial charge in [0.15, 0.2) is 0 Å². The normalized spacial score (nSPS) is 15.8. The van der Waals surface area contributed by atoms with E-state index in [4.69, 9.17) is 0 Å². The van der Waals surface area contributed by atoms with Gasteiger partial charge in [-0.3, -0.25) is 0 Å². The molecule has 0 rings (SSSR count). The molecule has 0 fully saturated rings. The monoisotopic (exact) mass is 442 g/mol. The summed E-state index contributed by atoms with van der Waals surface area (Å²) in [6, 6.07) is 0. The lowest BCUT2D eigenvalue weighted by Crippen LogP contribution is -2.46. The summed E-state index contributed by atoms with van der Waals surface area (Å²) in [5.41, 5.74) is 0. The summed E-state index contributed by atoms with van der Waals surface area (Å²) in [7, 11) is 0. The average Bonchev–Trinajstić information content (AvgIpc) is 2.41. The number of rotatable bonds is 12. The summed E-state index contributed by atoms with van der Waals surface area (Å²) in [6.45, 7) is 3.56. The van der Waals surface area contributed by atoms with Crippen LogP contribution in [0.15, 0.2) is 0 Å². The Bertz CT molecular complexity index is 278. The molecule has 134 valence electrons. The summed E-state index contributed by atoms with van der Waals surface area (Å²) in [6.07, 6.45) is 3.48. The van der Waals surface area contributed by atoms with E-state index in [0.717, 1.165) is 25.7 Å². The van der Waals surface area contributed by atoms with Crippen LogP contribution in [0.5, 0.6) is 0 Å². The second-order valence-corrected chi connectivity index (χ2v) is 7.51. The van der Waals surface area contributed by atoms with E-state index in [-0.39, 0.29) is 6.42 Å². The van der Waals surface area contributed by atoms with Gasteiger partial charge >= 0.3 is 12.1 Å². The molecule has 0 aromatic rings. The Labute approximate surface area is 144 Å². The van der Waals surface area contributed by atoms with E-state index in [0.29, 0.717) is 6.42 Å². The van der Waals surface area contributed by atoms with E-state index in [9.17, 15) is 22.0 Å². The highest BCUT2D eigenvalue weighted by Gasteiger charge is 2.62. The summed E-state index contributed by atoms with van der Waals surface area (Å²) in [4.78, 5) is 0. The van der Waals surface area contributed by atoms with Crippen LogP contribution in [0, 0.1) is 5.92 Å². The molecule has 0 aliphatic rings. The van der Waals surface area contributed by atoms with Crippen molar-refractivity contribution in [1.82, 2.24) is 0 Å². The van der Waals surface area contributed by atoms with Crippen molar-refractivity contribution in [2.45, 2.75) is 94.1 Å². The molecule has 0 amide bonds. The van der Waals surface area contributed by atoms with Crippen LogP contribution in [0.25, 0.3) is 0 Å². The Morgan fingerprint density at radius 1 is 0.773 bits per heavy atom. The van der Waals surface area contributed by atoms with Gasteiger partial charge in [0.05, 0.1) is 0 Å². The smallest absolute Gasteiger partial charge is 0.196 e. The largest absolute Gasteiger partial charge is 0.453 e. The number of hydrogen-bond donors (Lipinski definition) is 0. The van der Waals surface area contributed by atoms with E-state index in [1.165, 1.54) is 32.6 Å². The van der Waals surface area contributed by atoms with E-state index in [2.05, 4.69) is 6.92 Å². The number of unbranched alkanes of at least 4 members (excludes halogenated alkanes) is 7. The summed E-state index contributed by atoms with van der Waals surface area (Å²) < 4.78 is 63.7. The fraction of sp³-hybridized carbons (Fsp3) is 1.00. The molecule has 2 unspecified atom stereocenters. The predicted molar refractivity (Wildman–Crippen MR) is 89.8 cm³/mol. The topological polar surface area (TPSA) is 0 Å². The van der Waals surface area contributed by atoms with Crippen molar-refractivity contribution in [1.29, 1.82) is 0 Å². The highest BCUT2D eigenvalue weighted by molar-refractivity contribution is 14.1. The van der Waals surface area contributed by atoms with Gasteiger partial charge in [-0.1, -0.05) is 87.8 Å². The third-order valence-electron chi connectivity index (χ3n) is 4.05. The van der Waals surface area contributed by atoms with Crippen molar-refractivity contribution in [3.8, 4) is 0 Å². The fourth-order valence-corrected chi connectivity index (χ4v) is 4.02. The number of halogens is 6. The first-order valence-electron chi connectivity index (χ1n) is 8.27. The Morgan fingerprint density at radius 3 is 1.64 bits per heavy atom. The van der Waals surface area contributed by atoms with Gasteiger partial charge in [0.25, 0.3) is 0 Å². The number of alkyl halides is 6. The zero-order chi connectivity index (χ0) is 17.2. The van der Waals surface area contributed by atoms with Gasteiger partial charge in [-0.25, -0.2) is 0 Å². The maximum Gasteiger partial charge on any atom is 0.453 e. The van der Waals surface area contributed by atoms with E-state index in [1.54, 1.807) is 22.6 Å². The molecule has 0 saturated carbocycles. The molecule has 0 radical (unpaired) electrons. The van der Waals surface area contributed by atoms with E-state index >= 15 is 0 Å². The van der Waals surface area contributed by atoms with Crippen molar-refractivity contribution < 1.29 is 22.0 Å². The van der Waals surface area contributed by atoms with Crippen molar-refractivity contribution in [3.63, 3.8) is 0 Å². The quantitative estimate of drug-likeness (QED) is 0.127. The van der Waals surface area contributed by atoms with Crippen LogP contribution in [0.1, 0.15) is 78.1 Å². The van der Waals surface area contributed by atoms with Crippen molar-refractivity contribution in [3.05, 3.63) is 0 Å². The molecular formula is C16H28F5I. The van der Waals surface area contributed by atoms with Gasteiger partial charge in [-0.15, -0.1) is 0 Å². The lowest BCUT2D eigenvalue weighted by atomic mass is 9.91. The second-order valence-electron chi connectivity index (χ2n) is 5.92. The molecule has 0 bridgehead atoms. The third kappa shape index (κ3) is 7.77. The molecule has 0 aromatic heterocycles. The third-order valence-corrected chi connectivity index (χ3v) is 5.54. The first-order valence-corrected chi connectivity index (χ1v) is 9.51. The lowest BCUT2D eigenvalue weighted by Gasteiger charge is -2.31. The molecule has 0 N–H and O–H groups in total. The maximum atomic E-state index is 13.5. The second kappa shape index (κ2) is 11.0. The van der Waals surface area contributed by atoms with Crippen LogP contribution >= 0.6 is 22.6 Å². The van der Waals surface area contributed by atoms with Crippen LogP contribution in [0.2, 0.25) is 0 Å². The minimum absolute atomic E-state index is 0.156. The molecule has 0 aliphatic carbocycles. The summed E-state index contributed by atoms with van der Waals surface area (Å²) >= 11 is 1.77. The molecule has 0 spiro atoms. The minimum Gasteiger partial charge on any atom is -0.196 e. The van der Waals surface area contributed by atoms with Gasteiger partial charge < -0.3 is 0 Å². The average molecular weight is 442 g/mol. The van der Waals surface area contributed by atoms with Crippen molar-refractivity contribution in [2.75, 3.05) is 0 Å². The molecule has 0 nitrogen and oxygen atoms in total. The van der Waals surface area contributed by atoms with Crippen LogP contribution in [0.3, 0.4) is 0 Å². The van der Waals surface area contributed by atoms with Crippen molar-refractivity contribution in [2.24, 2.45) is 5.92 Å². The molecule has 0 aliphatic heterocycles. The highest BCUT2D eigenvalue weighted by atomic mass is 127. The molecule has 0 heterocycles. The standard InChI is InChI=1S/C16H28F5I/c1-3-5-6-7-8-9-10-11-12-14(22)13(4-2)15(17,18)16(19,20)21/h13-14H,3-12H2,1-2H3. The van der Waals surface area contributed by atoms with Gasteiger partial charge in [-0.2, -0.15) is 22.0 Å². The molecule has 0 saturated heterocycles. The molecule has 22 heavy (non-hydrogen) atoms. The zero-order valence-electron chi connectivity index (χ0n) is 13.5. The molecule has 6 heteroatoms. The van der Waals surface area contributed by atoms with Crippen LogP contribution in [-0.2, 0) is 0 Å². The van der Waals surface area contributed by atoms with Gasteiger partial charge in [0, 0.05) is 9.84 Å². The zero-order valence-corrected chi connectivity index (χ0v) is 15.7. The summed E-state index contributed by atoms with van der Waals surface area (Å²) in [5.74, 6) is -6.22. The number of hydrogen-bond acceptors (Lipinski definition) is 0. The van der Waals surface area contributed by atoms with E-state index in [1.807, 2.05) is 0 Å². The highest BCUT2D eigenvalue weighted by Crippen LogP contribution is 2.46. The summed E-state index contributed by atoms with van der Waals surface area (Å²) in [5, 5.41) is 0. The van der Waals surface area contributed by atoms with E-state index < -0.39 is 21.9 Å². The Hall–Kier alpha value is 0.380. The molecular weight excluding hydrogens is 414 g/mol. The van der Waals surface area contributed by atoms with Gasteiger partial charge in [-0.05, 0) is 12.8 Å². The fourth-order valence-electron chi connectivity index (χ4n) is 2.62. The molecule has 0 aromatic carbocycles. The Kier molecular flexibility index (Phi) is 11.2.